The molecular formula is C11H34NO+. The second-order valence-electron chi connectivity index (χ2n) is 3.11. The molecule has 0 atom stereocenters. The molecule has 0 aromatic rings. The molecule has 0 rings (SSSR count). The molecule has 0 fully saturated rings. The number of hydrogen-bond acceptors (Lipinski definition) is 1. The van der Waals surface area contributed by atoms with Gasteiger partial charge in [0.2, 0.25) is 0 Å². The molecule has 88 valence electrons. The molecule has 0 amide bonds. The Morgan fingerprint density at radius 3 is 1.54 bits per heavy atom. The van der Waals surface area contributed by atoms with E-state index in [1.165, 1.54) is 6.42 Å². The van der Waals surface area contributed by atoms with Crippen LogP contribution in [-0.2, 0) is 0 Å². The maximum Gasteiger partial charge on any atom is 0.102 e. The van der Waals surface area contributed by atoms with Crippen molar-refractivity contribution in [3.63, 3.8) is 0 Å². The molecule has 0 aromatic heterocycles. The molecule has 1 N–H and O–H groups in total. The second kappa shape index (κ2) is 14.4. The lowest BCUT2D eigenvalue weighted by molar-refractivity contribution is -0.890. The minimum atomic E-state index is 0. The zero-order chi connectivity index (χ0) is 7.33. The van der Waals surface area contributed by atoms with E-state index >= 15 is 0 Å². The lowest BCUT2D eigenvalue weighted by atomic mass is 10.4. The van der Waals surface area contributed by atoms with Gasteiger partial charge in [-0.2, -0.15) is 0 Å². The van der Waals surface area contributed by atoms with Gasteiger partial charge in [0.15, 0.2) is 0 Å². The maximum absolute atomic E-state index is 8.61. The van der Waals surface area contributed by atoms with Crippen molar-refractivity contribution in [1.82, 2.24) is 0 Å². The summed E-state index contributed by atoms with van der Waals surface area (Å²) in [5, 5.41) is 8.61. The molecule has 0 aliphatic carbocycles. The van der Waals surface area contributed by atoms with Gasteiger partial charge in [0, 0.05) is 0 Å². The average Bonchev–Trinajstić information content (AvgIpc) is 1.64. The van der Waals surface area contributed by atoms with Gasteiger partial charge in [0.05, 0.1) is 27.2 Å². The van der Waals surface area contributed by atoms with Crippen molar-refractivity contribution in [2.45, 2.75) is 43.1 Å². The summed E-state index contributed by atoms with van der Waals surface area (Å²) < 4.78 is 0.938. The van der Waals surface area contributed by atoms with Gasteiger partial charge in [-0.15, -0.1) is 0 Å². The Labute approximate surface area is 87.2 Å². The van der Waals surface area contributed by atoms with Crippen molar-refractivity contribution >= 4 is 0 Å². The van der Waals surface area contributed by atoms with Crippen LogP contribution in [0.1, 0.15) is 43.1 Å². The maximum atomic E-state index is 8.61. The summed E-state index contributed by atoms with van der Waals surface area (Å²) in [6.07, 6.45) is 1.19. The summed E-state index contributed by atoms with van der Waals surface area (Å²) in [6, 6.07) is 0. The van der Waals surface area contributed by atoms with E-state index in [1.54, 1.807) is 0 Å². The SMILES string of the molecule is C.C.C.C.CCC[N+](C)(C)CCO. The molecule has 0 aliphatic rings. The zero-order valence-corrected chi connectivity index (χ0v) is 6.72. The van der Waals surface area contributed by atoms with Crippen LogP contribution in [0.4, 0.5) is 0 Å². The fourth-order valence-corrected chi connectivity index (χ4v) is 0.988. The van der Waals surface area contributed by atoms with E-state index in [9.17, 15) is 0 Å². The molecule has 2 heteroatoms. The van der Waals surface area contributed by atoms with Crippen molar-refractivity contribution in [3.05, 3.63) is 0 Å². The summed E-state index contributed by atoms with van der Waals surface area (Å²) >= 11 is 0. The zero-order valence-electron chi connectivity index (χ0n) is 6.72. The van der Waals surface area contributed by atoms with Crippen LogP contribution < -0.4 is 0 Å². The first-order valence-electron chi connectivity index (χ1n) is 3.55. The molecule has 0 heterocycles. The number of nitrogens with zero attached hydrogens (tertiary/aromatic N) is 1. The molecule has 2 nitrogen and oxygen atoms in total. The molecule has 0 bridgehead atoms. The number of rotatable bonds is 4. The van der Waals surface area contributed by atoms with Crippen LogP contribution in [0.25, 0.3) is 0 Å². The number of likely N-dealkylation sites (N-methyl/N-ethyl adjacent to an activating group) is 1. The minimum absolute atomic E-state index is 0. The van der Waals surface area contributed by atoms with Gasteiger partial charge in [-0.05, 0) is 6.42 Å². The van der Waals surface area contributed by atoms with E-state index < -0.39 is 0 Å². The smallest absolute Gasteiger partial charge is 0.102 e. The molecule has 0 saturated heterocycles. The lowest BCUT2D eigenvalue weighted by Gasteiger charge is -2.28. The van der Waals surface area contributed by atoms with Crippen LogP contribution in [-0.4, -0.2) is 43.4 Å². The predicted molar refractivity (Wildman–Crippen MR) is 66.1 cm³/mol. The van der Waals surface area contributed by atoms with E-state index in [1.807, 2.05) is 0 Å². The van der Waals surface area contributed by atoms with Crippen molar-refractivity contribution in [1.29, 1.82) is 0 Å². The molecule has 0 radical (unpaired) electrons. The number of quaternary nitrogens is 1. The van der Waals surface area contributed by atoms with Crippen LogP contribution >= 0.6 is 0 Å². The fraction of sp³-hybridized carbons (Fsp3) is 1.00. The van der Waals surface area contributed by atoms with Crippen molar-refractivity contribution in [3.8, 4) is 0 Å². The van der Waals surface area contributed by atoms with Gasteiger partial charge in [-0.1, -0.05) is 36.6 Å². The van der Waals surface area contributed by atoms with Gasteiger partial charge in [0.1, 0.15) is 6.54 Å². The Morgan fingerprint density at radius 1 is 0.923 bits per heavy atom. The lowest BCUT2D eigenvalue weighted by Crippen LogP contribution is -2.42. The van der Waals surface area contributed by atoms with Crippen LogP contribution in [0.5, 0.6) is 0 Å². The van der Waals surface area contributed by atoms with Crippen LogP contribution in [0.15, 0.2) is 0 Å². The summed E-state index contributed by atoms with van der Waals surface area (Å²) in [6.45, 7) is 4.48. The molecule has 0 unspecified atom stereocenters. The third-order valence-electron chi connectivity index (χ3n) is 1.53. The average molecular weight is 196 g/mol. The molecule has 0 aliphatic heterocycles. The minimum Gasteiger partial charge on any atom is -0.391 e. The number of aliphatic hydroxyl groups excluding tert-OH is 1. The molecule has 0 saturated carbocycles. The standard InChI is InChI=1S/C7H18NO.4CH4/c1-4-5-8(2,3)6-7-9;;;;/h9H,4-7H2,1-3H3;4*1H4/q+1;;;;. The Bertz CT molecular complexity index is 64.5. The molecule has 13 heavy (non-hydrogen) atoms. The van der Waals surface area contributed by atoms with E-state index in [0.717, 1.165) is 17.6 Å². The fourth-order valence-electron chi connectivity index (χ4n) is 0.988. The quantitative estimate of drug-likeness (QED) is 0.685. The first-order valence-corrected chi connectivity index (χ1v) is 3.55. The third-order valence-corrected chi connectivity index (χ3v) is 1.53. The van der Waals surface area contributed by atoms with Crippen molar-refractivity contribution < 1.29 is 9.59 Å². The third kappa shape index (κ3) is 18.7. The van der Waals surface area contributed by atoms with Gasteiger partial charge < -0.3 is 9.59 Å². The highest BCUT2D eigenvalue weighted by atomic mass is 16.3. The van der Waals surface area contributed by atoms with Crippen LogP contribution in [0.2, 0.25) is 0 Å². The van der Waals surface area contributed by atoms with Crippen LogP contribution in [0, 0.1) is 0 Å². The van der Waals surface area contributed by atoms with Crippen molar-refractivity contribution in [2.75, 3.05) is 33.8 Å². The predicted octanol–water partition coefficient (Wildman–Crippen LogP) is 3.01. The topological polar surface area (TPSA) is 20.2 Å². The Balaban J connectivity index is -0.0000000533. The summed E-state index contributed by atoms with van der Waals surface area (Å²) in [4.78, 5) is 0. The Hall–Kier alpha value is -0.0800. The summed E-state index contributed by atoms with van der Waals surface area (Å²) in [5.74, 6) is 0. The molecule has 0 spiro atoms. The highest BCUT2D eigenvalue weighted by Crippen LogP contribution is 1.96. The number of aliphatic hydroxyl groups is 1. The van der Waals surface area contributed by atoms with Gasteiger partial charge >= 0.3 is 0 Å². The first-order chi connectivity index (χ1) is 4.12. The van der Waals surface area contributed by atoms with Crippen molar-refractivity contribution in [2.24, 2.45) is 0 Å². The highest BCUT2D eigenvalue weighted by molar-refractivity contribution is 4.30. The molecule has 0 aromatic carbocycles. The highest BCUT2D eigenvalue weighted by Gasteiger charge is 2.10. The van der Waals surface area contributed by atoms with E-state index in [0.29, 0.717) is 6.61 Å². The van der Waals surface area contributed by atoms with Crippen LogP contribution in [0.3, 0.4) is 0 Å². The monoisotopic (exact) mass is 196 g/mol. The second-order valence-corrected chi connectivity index (χ2v) is 3.11. The number of hydrogen-bond donors (Lipinski definition) is 1. The van der Waals surface area contributed by atoms with Gasteiger partial charge in [0.25, 0.3) is 0 Å². The summed E-state index contributed by atoms with van der Waals surface area (Å²) in [5.41, 5.74) is 0. The largest absolute Gasteiger partial charge is 0.391 e. The van der Waals surface area contributed by atoms with Gasteiger partial charge in [-0.25, -0.2) is 0 Å². The van der Waals surface area contributed by atoms with Gasteiger partial charge in [-0.3, -0.25) is 0 Å². The van der Waals surface area contributed by atoms with E-state index in [-0.39, 0.29) is 29.7 Å². The normalized spacial score (nSPS) is 8.31. The Kier molecular flexibility index (Phi) is 32.5. The first kappa shape index (κ1) is 29.3. The van der Waals surface area contributed by atoms with E-state index in [2.05, 4.69) is 21.0 Å². The van der Waals surface area contributed by atoms with E-state index in [4.69, 9.17) is 5.11 Å². The molecular weight excluding hydrogens is 162 g/mol. The Morgan fingerprint density at radius 2 is 1.31 bits per heavy atom. The summed E-state index contributed by atoms with van der Waals surface area (Å²) in [7, 11) is 4.28.